The molecule has 19 heavy (non-hydrogen) atoms. The molecule has 0 aliphatic carbocycles. The van der Waals surface area contributed by atoms with E-state index in [0.717, 1.165) is 38.3 Å². The standard InChI is InChI=1S/C14H20Cl2N2O/c1-10(9-18-6-4-17-5-7-18)14(19)12-8-11(15)2-3-13(12)16/h2-3,8,10,14,17,19H,4-7,9H2,1H3. The first-order valence-corrected chi connectivity index (χ1v) is 7.39. The number of piperazine rings is 1. The van der Waals surface area contributed by atoms with Gasteiger partial charge in [-0.3, -0.25) is 0 Å². The fraction of sp³-hybridized carbons (Fsp3) is 0.571. The molecule has 1 fully saturated rings. The maximum absolute atomic E-state index is 10.4. The average molecular weight is 303 g/mol. The normalized spacial score (nSPS) is 20.2. The molecule has 0 aromatic heterocycles. The third-order valence-corrected chi connectivity index (χ3v) is 4.15. The van der Waals surface area contributed by atoms with E-state index in [-0.39, 0.29) is 5.92 Å². The second-order valence-electron chi connectivity index (χ2n) is 5.14. The highest BCUT2D eigenvalue weighted by Crippen LogP contribution is 2.31. The Morgan fingerprint density at radius 3 is 2.68 bits per heavy atom. The minimum absolute atomic E-state index is 0.120. The number of benzene rings is 1. The average Bonchev–Trinajstić information content (AvgIpc) is 2.42. The van der Waals surface area contributed by atoms with Gasteiger partial charge in [-0.1, -0.05) is 30.1 Å². The topological polar surface area (TPSA) is 35.5 Å². The van der Waals surface area contributed by atoms with Gasteiger partial charge < -0.3 is 15.3 Å². The molecule has 0 saturated carbocycles. The van der Waals surface area contributed by atoms with Gasteiger partial charge in [-0.25, -0.2) is 0 Å². The van der Waals surface area contributed by atoms with Crippen molar-refractivity contribution >= 4 is 23.2 Å². The molecular formula is C14H20Cl2N2O. The third kappa shape index (κ3) is 4.07. The number of nitrogens with zero attached hydrogens (tertiary/aromatic N) is 1. The summed E-state index contributed by atoms with van der Waals surface area (Å²) in [4.78, 5) is 2.36. The number of aliphatic hydroxyl groups excluding tert-OH is 1. The molecule has 1 aromatic rings. The van der Waals surface area contributed by atoms with Crippen LogP contribution in [0.15, 0.2) is 18.2 Å². The smallest absolute Gasteiger partial charge is 0.0842 e. The third-order valence-electron chi connectivity index (χ3n) is 3.57. The van der Waals surface area contributed by atoms with Crippen LogP contribution >= 0.6 is 23.2 Å². The van der Waals surface area contributed by atoms with Crippen molar-refractivity contribution < 1.29 is 5.11 Å². The molecule has 1 aliphatic heterocycles. The number of nitrogens with one attached hydrogen (secondary N) is 1. The van der Waals surface area contributed by atoms with Crippen molar-refractivity contribution in [1.82, 2.24) is 10.2 Å². The van der Waals surface area contributed by atoms with E-state index in [1.54, 1.807) is 18.2 Å². The maximum atomic E-state index is 10.4. The van der Waals surface area contributed by atoms with Gasteiger partial charge in [0, 0.05) is 48.3 Å². The van der Waals surface area contributed by atoms with Crippen molar-refractivity contribution in [2.45, 2.75) is 13.0 Å². The van der Waals surface area contributed by atoms with Gasteiger partial charge in [0.05, 0.1) is 6.10 Å². The van der Waals surface area contributed by atoms with Gasteiger partial charge in [0.2, 0.25) is 0 Å². The molecule has 1 aliphatic rings. The van der Waals surface area contributed by atoms with Crippen LogP contribution in [0.3, 0.4) is 0 Å². The molecule has 0 spiro atoms. The van der Waals surface area contributed by atoms with Crippen LogP contribution in [0.1, 0.15) is 18.6 Å². The first-order chi connectivity index (χ1) is 9.08. The van der Waals surface area contributed by atoms with Crippen LogP contribution in [0.5, 0.6) is 0 Å². The van der Waals surface area contributed by atoms with Gasteiger partial charge in [0.25, 0.3) is 0 Å². The summed E-state index contributed by atoms with van der Waals surface area (Å²) in [7, 11) is 0. The van der Waals surface area contributed by atoms with Crippen molar-refractivity contribution in [3.05, 3.63) is 33.8 Å². The van der Waals surface area contributed by atoms with Crippen LogP contribution in [0, 0.1) is 5.92 Å². The SMILES string of the molecule is CC(CN1CCNCC1)C(O)c1cc(Cl)ccc1Cl. The molecule has 0 bridgehead atoms. The zero-order valence-electron chi connectivity index (χ0n) is 11.1. The molecular weight excluding hydrogens is 283 g/mol. The molecule has 2 N–H and O–H groups in total. The number of aliphatic hydroxyl groups is 1. The zero-order valence-corrected chi connectivity index (χ0v) is 12.6. The number of hydrogen-bond acceptors (Lipinski definition) is 3. The predicted molar refractivity (Wildman–Crippen MR) is 79.9 cm³/mol. The molecule has 1 aromatic carbocycles. The van der Waals surface area contributed by atoms with E-state index < -0.39 is 6.10 Å². The fourth-order valence-corrected chi connectivity index (χ4v) is 2.86. The second kappa shape index (κ2) is 6.91. The van der Waals surface area contributed by atoms with Crippen molar-refractivity contribution in [3.8, 4) is 0 Å². The Bertz CT molecular complexity index is 422. The van der Waals surface area contributed by atoms with Crippen molar-refractivity contribution in [3.63, 3.8) is 0 Å². The lowest BCUT2D eigenvalue weighted by molar-refractivity contribution is 0.0843. The molecule has 0 amide bonds. The van der Waals surface area contributed by atoms with Crippen molar-refractivity contribution in [1.29, 1.82) is 0 Å². The van der Waals surface area contributed by atoms with E-state index >= 15 is 0 Å². The second-order valence-corrected chi connectivity index (χ2v) is 5.98. The van der Waals surface area contributed by atoms with Crippen LogP contribution in [0.4, 0.5) is 0 Å². The summed E-state index contributed by atoms with van der Waals surface area (Å²) in [5.41, 5.74) is 0.719. The highest BCUT2D eigenvalue weighted by Gasteiger charge is 2.22. The van der Waals surface area contributed by atoms with E-state index in [1.807, 2.05) is 6.92 Å². The Labute approximate surface area is 124 Å². The van der Waals surface area contributed by atoms with Gasteiger partial charge in [-0.2, -0.15) is 0 Å². The first-order valence-electron chi connectivity index (χ1n) is 6.64. The van der Waals surface area contributed by atoms with Crippen LogP contribution in [-0.2, 0) is 0 Å². The van der Waals surface area contributed by atoms with Crippen LogP contribution in [0.2, 0.25) is 10.0 Å². The molecule has 2 atom stereocenters. The fourth-order valence-electron chi connectivity index (χ4n) is 2.45. The molecule has 3 nitrogen and oxygen atoms in total. The minimum Gasteiger partial charge on any atom is -0.388 e. The molecule has 2 rings (SSSR count). The van der Waals surface area contributed by atoms with Crippen molar-refractivity contribution in [2.24, 2.45) is 5.92 Å². The summed E-state index contributed by atoms with van der Waals surface area (Å²) in [6.07, 6.45) is -0.582. The Morgan fingerprint density at radius 2 is 2.00 bits per heavy atom. The summed E-state index contributed by atoms with van der Waals surface area (Å²) < 4.78 is 0. The first kappa shape index (κ1) is 15.1. The van der Waals surface area contributed by atoms with Crippen molar-refractivity contribution in [2.75, 3.05) is 32.7 Å². The number of halogens is 2. The summed E-state index contributed by atoms with van der Waals surface area (Å²) >= 11 is 12.1. The van der Waals surface area contributed by atoms with Crippen LogP contribution in [0.25, 0.3) is 0 Å². The van der Waals surface area contributed by atoms with Gasteiger partial charge in [-0.15, -0.1) is 0 Å². The Balaban J connectivity index is 2.01. The molecule has 1 saturated heterocycles. The monoisotopic (exact) mass is 302 g/mol. The Hall–Kier alpha value is -0.320. The largest absolute Gasteiger partial charge is 0.388 e. The van der Waals surface area contributed by atoms with E-state index in [2.05, 4.69) is 10.2 Å². The summed E-state index contributed by atoms with van der Waals surface area (Å²) in [5, 5.41) is 14.9. The molecule has 5 heteroatoms. The van der Waals surface area contributed by atoms with Gasteiger partial charge >= 0.3 is 0 Å². The number of rotatable bonds is 4. The lowest BCUT2D eigenvalue weighted by Gasteiger charge is -2.31. The van der Waals surface area contributed by atoms with E-state index in [4.69, 9.17) is 23.2 Å². The summed E-state index contributed by atoms with van der Waals surface area (Å²) in [5.74, 6) is 0.120. The Kier molecular flexibility index (Phi) is 5.48. The molecule has 1 heterocycles. The van der Waals surface area contributed by atoms with Gasteiger partial charge in [-0.05, 0) is 24.1 Å². The summed E-state index contributed by atoms with van der Waals surface area (Å²) in [6, 6.07) is 5.23. The highest BCUT2D eigenvalue weighted by molar-refractivity contribution is 6.33. The van der Waals surface area contributed by atoms with Crippen LogP contribution < -0.4 is 5.32 Å². The molecule has 106 valence electrons. The van der Waals surface area contributed by atoms with E-state index in [0.29, 0.717) is 10.0 Å². The Morgan fingerprint density at radius 1 is 1.32 bits per heavy atom. The highest BCUT2D eigenvalue weighted by atomic mass is 35.5. The van der Waals surface area contributed by atoms with Gasteiger partial charge in [0.15, 0.2) is 0 Å². The minimum atomic E-state index is -0.582. The van der Waals surface area contributed by atoms with Crippen LogP contribution in [-0.4, -0.2) is 42.7 Å². The number of hydrogen-bond donors (Lipinski definition) is 2. The zero-order chi connectivity index (χ0) is 13.8. The molecule has 2 unspecified atom stereocenters. The van der Waals surface area contributed by atoms with Gasteiger partial charge in [0.1, 0.15) is 0 Å². The lowest BCUT2D eigenvalue weighted by atomic mass is 9.96. The molecule has 0 radical (unpaired) electrons. The summed E-state index contributed by atoms with van der Waals surface area (Å²) in [6.45, 7) is 7.00. The van der Waals surface area contributed by atoms with E-state index in [1.165, 1.54) is 0 Å². The lowest BCUT2D eigenvalue weighted by Crippen LogP contribution is -2.45. The quantitative estimate of drug-likeness (QED) is 0.897. The maximum Gasteiger partial charge on any atom is 0.0842 e. The predicted octanol–water partition coefficient (Wildman–Crippen LogP) is 2.57. The van der Waals surface area contributed by atoms with E-state index in [9.17, 15) is 5.11 Å².